The number of carboxylic acid groups (broad SMARTS) is 1. The van der Waals surface area contributed by atoms with Crippen LogP contribution in [-0.4, -0.2) is 41.3 Å². The Labute approximate surface area is 206 Å². The topological polar surface area (TPSA) is 105 Å². The molecule has 1 atom stereocenters. The van der Waals surface area contributed by atoms with Gasteiger partial charge in [0.05, 0.1) is 0 Å². The Morgan fingerprint density at radius 1 is 0.971 bits per heavy atom. The lowest BCUT2D eigenvalue weighted by Crippen LogP contribution is -2.60. The van der Waals surface area contributed by atoms with Crippen molar-refractivity contribution in [2.45, 2.75) is 69.9 Å². The Kier molecular flexibility index (Phi) is 7.43. The fourth-order valence-corrected chi connectivity index (χ4v) is 5.27. The minimum Gasteiger partial charge on any atom is -0.480 e. The lowest BCUT2D eigenvalue weighted by atomic mass is 9.95. The highest BCUT2D eigenvalue weighted by atomic mass is 16.5. The second-order valence-electron chi connectivity index (χ2n) is 10.1. The van der Waals surface area contributed by atoms with Gasteiger partial charge < -0.3 is 20.5 Å². The average molecular weight is 479 g/mol. The number of benzene rings is 2. The van der Waals surface area contributed by atoms with Crippen molar-refractivity contribution in [3.63, 3.8) is 0 Å². The first-order chi connectivity index (χ1) is 16.8. The normalized spacial score (nSPS) is 16.9. The summed E-state index contributed by atoms with van der Waals surface area (Å²) in [6.07, 6.45) is 2.85. The first-order valence-electron chi connectivity index (χ1n) is 12.5. The molecule has 2 aliphatic rings. The SMILES string of the molecule is CC(C)CCC(NC(=O)C1(NC(=O)OCC2c3ccccc3-c3ccccc32)CCCC1)C(=O)O. The third-order valence-electron chi connectivity index (χ3n) is 7.21. The van der Waals surface area contributed by atoms with Crippen molar-refractivity contribution in [3.8, 4) is 11.1 Å². The maximum absolute atomic E-state index is 13.2. The number of hydrogen-bond acceptors (Lipinski definition) is 4. The number of ether oxygens (including phenoxy) is 1. The molecule has 0 saturated heterocycles. The van der Waals surface area contributed by atoms with E-state index in [9.17, 15) is 19.5 Å². The van der Waals surface area contributed by atoms with Crippen molar-refractivity contribution < 1.29 is 24.2 Å². The number of rotatable bonds is 9. The molecule has 1 fully saturated rings. The Morgan fingerprint density at radius 3 is 2.09 bits per heavy atom. The summed E-state index contributed by atoms with van der Waals surface area (Å²) in [6.45, 7) is 4.18. The number of aliphatic carboxylic acids is 1. The molecule has 2 aromatic carbocycles. The van der Waals surface area contributed by atoms with Crippen LogP contribution >= 0.6 is 0 Å². The molecule has 2 amide bonds. The van der Waals surface area contributed by atoms with Gasteiger partial charge in [0.1, 0.15) is 18.2 Å². The number of fused-ring (bicyclic) bond motifs is 3. The highest BCUT2D eigenvalue weighted by Gasteiger charge is 2.44. The zero-order valence-corrected chi connectivity index (χ0v) is 20.4. The number of carbonyl (C=O) groups excluding carboxylic acids is 2. The number of hydrogen-bond donors (Lipinski definition) is 3. The number of alkyl carbamates (subject to hydrolysis) is 1. The lowest BCUT2D eigenvalue weighted by molar-refractivity contribution is -0.143. The van der Waals surface area contributed by atoms with Gasteiger partial charge in [0.25, 0.3) is 0 Å². The van der Waals surface area contributed by atoms with Crippen LogP contribution in [0.3, 0.4) is 0 Å². The zero-order valence-electron chi connectivity index (χ0n) is 20.4. The molecule has 3 N–H and O–H groups in total. The molecule has 1 saturated carbocycles. The smallest absolute Gasteiger partial charge is 0.408 e. The molecular weight excluding hydrogens is 444 g/mol. The summed E-state index contributed by atoms with van der Waals surface area (Å²) in [5, 5.41) is 15.1. The van der Waals surface area contributed by atoms with Gasteiger partial charge in [-0.15, -0.1) is 0 Å². The van der Waals surface area contributed by atoms with E-state index in [4.69, 9.17) is 4.74 Å². The Morgan fingerprint density at radius 2 is 1.54 bits per heavy atom. The van der Waals surface area contributed by atoms with Crippen LogP contribution in [0.25, 0.3) is 11.1 Å². The lowest BCUT2D eigenvalue weighted by Gasteiger charge is -2.30. The van der Waals surface area contributed by atoms with E-state index >= 15 is 0 Å². The fourth-order valence-electron chi connectivity index (χ4n) is 5.27. The summed E-state index contributed by atoms with van der Waals surface area (Å²) in [4.78, 5) is 37.8. The maximum Gasteiger partial charge on any atom is 0.408 e. The van der Waals surface area contributed by atoms with Gasteiger partial charge in [0, 0.05) is 5.92 Å². The predicted octanol–water partition coefficient (Wildman–Crippen LogP) is 4.84. The van der Waals surface area contributed by atoms with Crippen molar-refractivity contribution in [2.24, 2.45) is 5.92 Å². The second kappa shape index (κ2) is 10.5. The summed E-state index contributed by atoms with van der Waals surface area (Å²) in [5.74, 6) is -1.25. The molecule has 0 aliphatic heterocycles. The largest absolute Gasteiger partial charge is 0.480 e. The van der Waals surface area contributed by atoms with E-state index in [1.807, 2.05) is 38.1 Å². The second-order valence-corrected chi connectivity index (χ2v) is 10.1. The van der Waals surface area contributed by atoms with E-state index in [0.717, 1.165) is 35.1 Å². The van der Waals surface area contributed by atoms with Gasteiger partial charge in [-0.3, -0.25) is 4.79 Å². The van der Waals surface area contributed by atoms with Crippen LogP contribution in [0.4, 0.5) is 4.79 Å². The highest BCUT2D eigenvalue weighted by molar-refractivity contribution is 5.93. The number of carbonyl (C=O) groups is 3. The van der Waals surface area contributed by atoms with Gasteiger partial charge in [-0.1, -0.05) is 75.2 Å². The summed E-state index contributed by atoms with van der Waals surface area (Å²) in [5.41, 5.74) is 3.37. The zero-order chi connectivity index (χ0) is 25.0. The molecule has 0 heterocycles. The van der Waals surface area contributed by atoms with E-state index in [2.05, 4.69) is 34.9 Å². The third kappa shape index (κ3) is 5.34. The monoisotopic (exact) mass is 478 g/mol. The van der Waals surface area contributed by atoms with Crippen LogP contribution < -0.4 is 10.6 Å². The van der Waals surface area contributed by atoms with Crippen molar-refractivity contribution in [3.05, 3.63) is 59.7 Å². The first-order valence-corrected chi connectivity index (χ1v) is 12.5. The van der Waals surface area contributed by atoms with Crippen LogP contribution in [-0.2, 0) is 14.3 Å². The number of amides is 2. The van der Waals surface area contributed by atoms with Crippen LogP contribution in [0.2, 0.25) is 0 Å². The standard InChI is InChI=1S/C28H34N2O5/c1-18(2)13-14-24(25(31)32)29-26(33)28(15-7-8-16-28)30-27(34)35-17-23-21-11-5-3-9-19(21)20-10-4-6-12-22(20)23/h3-6,9-12,18,23-24H,7-8,13-17H2,1-2H3,(H,29,33)(H,30,34)(H,31,32). The molecule has 7 heteroatoms. The molecule has 7 nitrogen and oxygen atoms in total. The Balaban J connectivity index is 1.42. The molecule has 0 spiro atoms. The van der Waals surface area contributed by atoms with E-state index in [-0.39, 0.29) is 12.5 Å². The molecule has 35 heavy (non-hydrogen) atoms. The highest BCUT2D eigenvalue weighted by Crippen LogP contribution is 2.44. The molecule has 0 aromatic heterocycles. The van der Waals surface area contributed by atoms with E-state index in [1.54, 1.807) is 0 Å². The summed E-state index contributed by atoms with van der Waals surface area (Å²) in [7, 11) is 0. The van der Waals surface area contributed by atoms with Gasteiger partial charge in [-0.05, 0) is 53.9 Å². The average Bonchev–Trinajstić information content (AvgIpc) is 3.43. The van der Waals surface area contributed by atoms with Crippen LogP contribution in [0.5, 0.6) is 0 Å². The van der Waals surface area contributed by atoms with Crippen molar-refractivity contribution in [1.82, 2.24) is 10.6 Å². The van der Waals surface area contributed by atoms with Gasteiger partial charge >= 0.3 is 12.1 Å². The quantitative estimate of drug-likeness (QED) is 0.478. The summed E-state index contributed by atoms with van der Waals surface area (Å²) < 4.78 is 5.66. The van der Waals surface area contributed by atoms with Gasteiger partial charge in [0.2, 0.25) is 5.91 Å². The van der Waals surface area contributed by atoms with Gasteiger partial charge in [-0.2, -0.15) is 0 Å². The molecule has 4 rings (SSSR count). The predicted molar refractivity (Wildman–Crippen MR) is 133 cm³/mol. The molecule has 0 radical (unpaired) electrons. The summed E-state index contributed by atoms with van der Waals surface area (Å²) in [6, 6.07) is 15.2. The minimum absolute atomic E-state index is 0.0751. The van der Waals surface area contributed by atoms with Crippen LogP contribution in [0, 0.1) is 5.92 Å². The Bertz CT molecular complexity index is 1040. The van der Waals surface area contributed by atoms with E-state index in [0.29, 0.717) is 31.6 Å². The van der Waals surface area contributed by atoms with Gasteiger partial charge in [-0.25, -0.2) is 9.59 Å². The van der Waals surface area contributed by atoms with E-state index < -0.39 is 29.6 Å². The van der Waals surface area contributed by atoms with Crippen molar-refractivity contribution in [1.29, 1.82) is 0 Å². The molecule has 1 unspecified atom stereocenters. The van der Waals surface area contributed by atoms with Crippen LogP contribution in [0.15, 0.2) is 48.5 Å². The molecule has 2 aromatic rings. The van der Waals surface area contributed by atoms with Crippen molar-refractivity contribution in [2.75, 3.05) is 6.61 Å². The Hall–Kier alpha value is -3.35. The minimum atomic E-state index is -1.14. The van der Waals surface area contributed by atoms with Crippen molar-refractivity contribution >= 4 is 18.0 Å². The molecule has 0 bridgehead atoms. The fraction of sp³-hybridized carbons (Fsp3) is 0.464. The van der Waals surface area contributed by atoms with Gasteiger partial charge in [0.15, 0.2) is 0 Å². The van der Waals surface area contributed by atoms with Crippen LogP contribution in [0.1, 0.15) is 69.4 Å². The third-order valence-corrected chi connectivity index (χ3v) is 7.21. The number of nitrogens with one attached hydrogen (secondary N) is 2. The summed E-state index contributed by atoms with van der Waals surface area (Å²) >= 11 is 0. The molecular formula is C28H34N2O5. The number of carboxylic acids is 1. The molecule has 186 valence electrons. The van der Waals surface area contributed by atoms with E-state index in [1.165, 1.54) is 0 Å². The maximum atomic E-state index is 13.2. The first kappa shape index (κ1) is 24.8. The molecule has 2 aliphatic carbocycles.